The Kier molecular flexibility index (Phi) is 7.11. The summed E-state index contributed by atoms with van der Waals surface area (Å²) in [6, 6.07) is 9.33. The zero-order valence-electron chi connectivity index (χ0n) is 15.6. The second kappa shape index (κ2) is 9.76. The molecule has 0 spiro atoms. The molecule has 0 radical (unpaired) electrons. The second-order valence-corrected chi connectivity index (χ2v) is 7.70. The number of thioether (sulfide) groups is 1. The van der Waals surface area contributed by atoms with Gasteiger partial charge in [0.2, 0.25) is 0 Å². The van der Waals surface area contributed by atoms with Gasteiger partial charge in [-0.25, -0.2) is 9.38 Å². The van der Waals surface area contributed by atoms with Gasteiger partial charge in [-0.1, -0.05) is 28.6 Å². The molecule has 150 valence electrons. The molecule has 1 fully saturated rings. The SMILES string of the molecule is C=CCOc1cc(Br)c(C=C2SC(=Nc3ccc(F)cc3)NC2=O)cc1OCC. The number of nitrogens with one attached hydrogen (secondary N) is 1. The number of ether oxygens (including phenoxy) is 2. The van der Waals surface area contributed by atoms with Crippen molar-refractivity contribution in [2.24, 2.45) is 4.99 Å². The molecule has 8 heteroatoms. The highest BCUT2D eigenvalue weighted by atomic mass is 79.9. The monoisotopic (exact) mass is 476 g/mol. The number of nitrogens with zero attached hydrogens (tertiary/aromatic N) is 1. The minimum absolute atomic E-state index is 0.257. The molecule has 0 atom stereocenters. The molecule has 0 bridgehead atoms. The van der Waals surface area contributed by atoms with Crippen molar-refractivity contribution >= 4 is 50.5 Å². The molecule has 0 unspecified atom stereocenters. The van der Waals surface area contributed by atoms with Crippen molar-refractivity contribution in [2.45, 2.75) is 6.92 Å². The van der Waals surface area contributed by atoms with Crippen LogP contribution < -0.4 is 14.8 Å². The highest BCUT2D eigenvalue weighted by Crippen LogP contribution is 2.37. The van der Waals surface area contributed by atoms with Crippen LogP contribution >= 0.6 is 27.7 Å². The highest BCUT2D eigenvalue weighted by molar-refractivity contribution is 9.10. The molecule has 2 aromatic carbocycles. The van der Waals surface area contributed by atoms with Crippen LogP contribution in [0.4, 0.5) is 10.1 Å². The van der Waals surface area contributed by atoms with Crippen LogP contribution in [0.3, 0.4) is 0 Å². The van der Waals surface area contributed by atoms with Crippen LogP contribution in [0.2, 0.25) is 0 Å². The van der Waals surface area contributed by atoms with Gasteiger partial charge in [0, 0.05) is 4.47 Å². The van der Waals surface area contributed by atoms with Gasteiger partial charge < -0.3 is 14.8 Å². The first-order valence-corrected chi connectivity index (χ1v) is 10.4. The van der Waals surface area contributed by atoms with Gasteiger partial charge in [0.15, 0.2) is 16.7 Å². The quantitative estimate of drug-likeness (QED) is 0.426. The Hall–Kier alpha value is -2.58. The van der Waals surface area contributed by atoms with Crippen molar-refractivity contribution in [3.63, 3.8) is 0 Å². The third-order valence-corrected chi connectivity index (χ3v) is 5.31. The minimum atomic E-state index is -0.340. The summed E-state index contributed by atoms with van der Waals surface area (Å²) in [5.41, 5.74) is 1.32. The third-order valence-electron chi connectivity index (χ3n) is 3.71. The van der Waals surface area contributed by atoms with Crippen LogP contribution in [0.1, 0.15) is 12.5 Å². The maximum absolute atomic E-state index is 13.0. The Morgan fingerprint density at radius 1 is 1.24 bits per heavy atom. The van der Waals surface area contributed by atoms with Crippen LogP contribution in [0.25, 0.3) is 6.08 Å². The fourth-order valence-electron chi connectivity index (χ4n) is 2.45. The predicted molar refractivity (Wildman–Crippen MR) is 118 cm³/mol. The summed E-state index contributed by atoms with van der Waals surface area (Å²) in [5.74, 6) is 0.566. The number of aliphatic imine (C=N–C) groups is 1. The number of carbonyl (C=O) groups excluding carboxylic acids is 1. The number of benzene rings is 2. The fourth-order valence-corrected chi connectivity index (χ4v) is 3.72. The van der Waals surface area contributed by atoms with E-state index in [1.807, 2.05) is 13.0 Å². The van der Waals surface area contributed by atoms with E-state index in [9.17, 15) is 9.18 Å². The van der Waals surface area contributed by atoms with Gasteiger partial charge in [0.1, 0.15) is 12.4 Å². The molecular formula is C21H18BrFN2O3S. The number of hydrogen-bond acceptors (Lipinski definition) is 5. The van der Waals surface area contributed by atoms with Crippen molar-refractivity contribution in [3.8, 4) is 11.5 Å². The van der Waals surface area contributed by atoms with Gasteiger partial charge in [-0.05, 0) is 66.7 Å². The topological polar surface area (TPSA) is 59.9 Å². The molecular weight excluding hydrogens is 459 g/mol. The lowest BCUT2D eigenvalue weighted by Crippen LogP contribution is -2.19. The summed E-state index contributed by atoms with van der Waals surface area (Å²) in [6.45, 7) is 6.36. The van der Waals surface area contributed by atoms with E-state index in [-0.39, 0.29) is 11.7 Å². The lowest BCUT2D eigenvalue weighted by Gasteiger charge is -2.13. The molecule has 1 N–H and O–H groups in total. The molecule has 29 heavy (non-hydrogen) atoms. The second-order valence-electron chi connectivity index (χ2n) is 5.81. The van der Waals surface area contributed by atoms with E-state index >= 15 is 0 Å². The average Bonchev–Trinajstić information content (AvgIpc) is 3.04. The largest absolute Gasteiger partial charge is 0.490 e. The minimum Gasteiger partial charge on any atom is -0.490 e. The lowest BCUT2D eigenvalue weighted by atomic mass is 10.2. The predicted octanol–water partition coefficient (Wildman–Crippen LogP) is 5.44. The number of carbonyl (C=O) groups is 1. The van der Waals surface area contributed by atoms with Crippen LogP contribution in [0, 0.1) is 5.82 Å². The van der Waals surface area contributed by atoms with E-state index in [1.54, 1.807) is 30.4 Å². The first kappa shape index (κ1) is 21.1. The summed E-state index contributed by atoms with van der Waals surface area (Å²) in [4.78, 5) is 17.2. The Bertz CT molecular complexity index is 990. The summed E-state index contributed by atoms with van der Waals surface area (Å²) in [5, 5.41) is 3.15. The Morgan fingerprint density at radius 2 is 1.97 bits per heavy atom. The van der Waals surface area contributed by atoms with E-state index in [0.717, 1.165) is 10.0 Å². The molecule has 1 aliphatic rings. The van der Waals surface area contributed by atoms with Gasteiger partial charge in [-0.2, -0.15) is 0 Å². The van der Waals surface area contributed by atoms with Crippen molar-refractivity contribution < 1.29 is 18.7 Å². The standard InChI is InChI=1S/C21H18BrFN2O3S/c1-3-9-28-18-12-16(22)13(10-17(18)27-4-2)11-19-20(26)25-21(29-19)24-15-7-5-14(23)6-8-15/h3,5-8,10-12H,1,4,9H2,2H3,(H,24,25,26). The molecule has 1 amide bonds. The molecule has 1 saturated heterocycles. The van der Waals surface area contributed by atoms with Gasteiger partial charge in [-0.15, -0.1) is 0 Å². The van der Waals surface area contributed by atoms with E-state index in [2.05, 4.69) is 32.8 Å². The van der Waals surface area contributed by atoms with Crippen molar-refractivity contribution in [1.29, 1.82) is 0 Å². The molecule has 3 rings (SSSR count). The molecule has 0 aliphatic carbocycles. The maximum Gasteiger partial charge on any atom is 0.264 e. The highest BCUT2D eigenvalue weighted by Gasteiger charge is 2.24. The van der Waals surface area contributed by atoms with E-state index in [0.29, 0.717) is 40.5 Å². The first-order valence-electron chi connectivity index (χ1n) is 8.75. The van der Waals surface area contributed by atoms with Crippen LogP contribution in [0.5, 0.6) is 11.5 Å². The lowest BCUT2D eigenvalue weighted by molar-refractivity contribution is -0.115. The van der Waals surface area contributed by atoms with Gasteiger partial charge in [0.25, 0.3) is 5.91 Å². The summed E-state index contributed by atoms with van der Waals surface area (Å²) < 4.78 is 25.1. The maximum atomic E-state index is 13.0. The number of halogens is 2. The molecule has 0 aromatic heterocycles. The van der Waals surface area contributed by atoms with Crippen LogP contribution in [-0.4, -0.2) is 24.3 Å². The van der Waals surface area contributed by atoms with Gasteiger partial charge in [-0.3, -0.25) is 4.79 Å². The molecule has 2 aromatic rings. The Balaban J connectivity index is 1.87. The van der Waals surface area contributed by atoms with Crippen molar-refractivity contribution in [3.05, 3.63) is 69.8 Å². The van der Waals surface area contributed by atoms with Crippen molar-refractivity contribution in [1.82, 2.24) is 5.32 Å². The smallest absolute Gasteiger partial charge is 0.264 e. The molecule has 0 saturated carbocycles. The normalized spacial score (nSPS) is 16.2. The van der Waals surface area contributed by atoms with E-state index < -0.39 is 0 Å². The number of hydrogen-bond donors (Lipinski definition) is 1. The number of amides is 1. The Labute approximate surface area is 180 Å². The zero-order valence-corrected chi connectivity index (χ0v) is 18.0. The Morgan fingerprint density at radius 3 is 2.66 bits per heavy atom. The van der Waals surface area contributed by atoms with Crippen molar-refractivity contribution in [2.75, 3.05) is 13.2 Å². The van der Waals surface area contributed by atoms with E-state index in [4.69, 9.17) is 9.47 Å². The van der Waals surface area contributed by atoms with Gasteiger partial charge >= 0.3 is 0 Å². The summed E-state index contributed by atoms with van der Waals surface area (Å²) >= 11 is 4.72. The van der Waals surface area contributed by atoms with E-state index in [1.165, 1.54) is 23.9 Å². The number of amidine groups is 1. The third kappa shape index (κ3) is 5.48. The first-order chi connectivity index (χ1) is 14.0. The van der Waals surface area contributed by atoms with Crippen LogP contribution in [-0.2, 0) is 4.79 Å². The molecule has 1 heterocycles. The zero-order chi connectivity index (χ0) is 20.8. The summed E-state index contributed by atoms with van der Waals surface area (Å²) in [6.07, 6.45) is 3.40. The molecule has 1 aliphatic heterocycles. The van der Waals surface area contributed by atoms with Crippen LogP contribution in [0.15, 0.2) is 63.4 Å². The average molecular weight is 477 g/mol. The number of rotatable bonds is 7. The van der Waals surface area contributed by atoms with Gasteiger partial charge in [0.05, 0.1) is 17.2 Å². The summed E-state index contributed by atoms with van der Waals surface area (Å²) in [7, 11) is 0. The molecule has 5 nitrogen and oxygen atoms in total. The fraction of sp³-hybridized carbons (Fsp3) is 0.143.